The molecule has 1 atom stereocenters. The van der Waals surface area contributed by atoms with E-state index in [1.807, 2.05) is 6.92 Å². The molecule has 1 heterocycles. The fourth-order valence-corrected chi connectivity index (χ4v) is 3.20. The summed E-state index contributed by atoms with van der Waals surface area (Å²) in [4.78, 5) is 11.3. The van der Waals surface area contributed by atoms with Gasteiger partial charge in [-0.05, 0) is 12.8 Å². The van der Waals surface area contributed by atoms with Gasteiger partial charge in [0.15, 0.2) is 9.84 Å². The van der Waals surface area contributed by atoms with Crippen LogP contribution < -0.4 is 10.6 Å². The standard InChI is InChI=1S/C9H18N2O3S/c1-2-3-5-10-9(12)11-8-4-6-15(13,14)7-8/h8H,2-7H2,1H3,(H2,10,11,12)/t8-/m1/s1. The zero-order chi connectivity index (χ0) is 11.3. The molecule has 1 aliphatic heterocycles. The Morgan fingerprint density at radius 2 is 2.20 bits per heavy atom. The SMILES string of the molecule is CCCCNC(=O)N[C@@H]1CCS(=O)(=O)C1. The fraction of sp³-hybridized carbons (Fsp3) is 0.889. The van der Waals surface area contributed by atoms with Crippen LogP contribution in [0.3, 0.4) is 0 Å². The van der Waals surface area contributed by atoms with E-state index in [1.165, 1.54) is 0 Å². The Labute approximate surface area is 90.5 Å². The Morgan fingerprint density at radius 1 is 1.47 bits per heavy atom. The van der Waals surface area contributed by atoms with Crippen LogP contribution in [0.5, 0.6) is 0 Å². The van der Waals surface area contributed by atoms with Crippen LogP contribution in [0.15, 0.2) is 0 Å². The molecule has 0 unspecified atom stereocenters. The molecule has 2 N–H and O–H groups in total. The van der Waals surface area contributed by atoms with Crippen molar-refractivity contribution in [1.82, 2.24) is 10.6 Å². The second-order valence-electron chi connectivity index (χ2n) is 3.85. The number of hydrogen-bond donors (Lipinski definition) is 2. The minimum atomic E-state index is -2.91. The zero-order valence-electron chi connectivity index (χ0n) is 8.95. The molecule has 0 spiro atoms. The molecule has 5 nitrogen and oxygen atoms in total. The van der Waals surface area contributed by atoms with Gasteiger partial charge in [0.1, 0.15) is 0 Å². The van der Waals surface area contributed by atoms with E-state index in [2.05, 4.69) is 10.6 Å². The lowest BCUT2D eigenvalue weighted by molar-refractivity contribution is 0.238. The average molecular weight is 234 g/mol. The number of unbranched alkanes of at least 4 members (excludes halogenated alkanes) is 1. The predicted molar refractivity (Wildman–Crippen MR) is 58.5 cm³/mol. The van der Waals surface area contributed by atoms with Crippen LogP contribution in [0.25, 0.3) is 0 Å². The minimum absolute atomic E-state index is 0.0776. The first-order valence-corrected chi connectivity index (χ1v) is 7.10. The summed E-state index contributed by atoms with van der Waals surface area (Å²) >= 11 is 0. The lowest BCUT2D eigenvalue weighted by Crippen LogP contribution is -2.42. The third-order valence-electron chi connectivity index (χ3n) is 2.38. The van der Waals surface area contributed by atoms with E-state index in [1.54, 1.807) is 0 Å². The van der Waals surface area contributed by atoms with Crippen LogP contribution in [0.4, 0.5) is 4.79 Å². The Kier molecular flexibility index (Phi) is 4.38. The molecule has 1 rings (SSSR count). The van der Waals surface area contributed by atoms with Crippen molar-refractivity contribution < 1.29 is 13.2 Å². The number of nitrogens with one attached hydrogen (secondary N) is 2. The molecule has 15 heavy (non-hydrogen) atoms. The van der Waals surface area contributed by atoms with Gasteiger partial charge in [0.25, 0.3) is 0 Å². The lowest BCUT2D eigenvalue weighted by Gasteiger charge is -2.11. The van der Waals surface area contributed by atoms with E-state index in [4.69, 9.17) is 0 Å². The Bertz CT molecular complexity index is 313. The maximum absolute atomic E-state index is 11.3. The number of carbonyl (C=O) groups is 1. The maximum Gasteiger partial charge on any atom is 0.315 e. The van der Waals surface area contributed by atoms with Crippen LogP contribution in [0, 0.1) is 0 Å². The van der Waals surface area contributed by atoms with Gasteiger partial charge in [-0.3, -0.25) is 0 Å². The quantitative estimate of drug-likeness (QED) is 0.686. The van der Waals surface area contributed by atoms with Gasteiger partial charge in [-0.15, -0.1) is 0 Å². The van der Waals surface area contributed by atoms with Crippen molar-refractivity contribution in [3.05, 3.63) is 0 Å². The summed E-state index contributed by atoms with van der Waals surface area (Å²) in [6.07, 6.45) is 2.50. The van der Waals surface area contributed by atoms with Crippen molar-refractivity contribution in [3.63, 3.8) is 0 Å². The first-order valence-electron chi connectivity index (χ1n) is 5.28. The van der Waals surface area contributed by atoms with Crippen LogP contribution in [-0.4, -0.2) is 38.5 Å². The van der Waals surface area contributed by atoms with E-state index in [9.17, 15) is 13.2 Å². The molecule has 1 saturated heterocycles. The van der Waals surface area contributed by atoms with Gasteiger partial charge in [0, 0.05) is 12.6 Å². The Balaban J connectivity index is 2.22. The zero-order valence-corrected chi connectivity index (χ0v) is 9.77. The highest BCUT2D eigenvalue weighted by molar-refractivity contribution is 7.91. The number of carbonyl (C=O) groups excluding carboxylic acids is 1. The van der Waals surface area contributed by atoms with Crippen molar-refractivity contribution in [2.24, 2.45) is 0 Å². The third-order valence-corrected chi connectivity index (χ3v) is 4.15. The van der Waals surface area contributed by atoms with Gasteiger partial charge in [-0.1, -0.05) is 13.3 Å². The average Bonchev–Trinajstić information content (AvgIpc) is 2.46. The van der Waals surface area contributed by atoms with Gasteiger partial charge < -0.3 is 10.6 Å². The van der Waals surface area contributed by atoms with Gasteiger partial charge in [0.2, 0.25) is 0 Å². The first kappa shape index (κ1) is 12.3. The molecule has 1 aliphatic rings. The number of rotatable bonds is 4. The monoisotopic (exact) mass is 234 g/mol. The van der Waals surface area contributed by atoms with Gasteiger partial charge >= 0.3 is 6.03 Å². The molecule has 0 aliphatic carbocycles. The minimum Gasteiger partial charge on any atom is -0.338 e. The number of urea groups is 1. The maximum atomic E-state index is 11.3. The Hall–Kier alpha value is -0.780. The van der Waals surface area contributed by atoms with Gasteiger partial charge in [-0.2, -0.15) is 0 Å². The highest BCUT2D eigenvalue weighted by Gasteiger charge is 2.28. The van der Waals surface area contributed by atoms with E-state index < -0.39 is 9.84 Å². The summed E-state index contributed by atoms with van der Waals surface area (Å²) in [5, 5.41) is 5.36. The van der Waals surface area contributed by atoms with Gasteiger partial charge in [-0.25, -0.2) is 13.2 Å². The van der Waals surface area contributed by atoms with Crippen molar-refractivity contribution in [1.29, 1.82) is 0 Å². The van der Waals surface area contributed by atoms with Crippen molar-refractivity contribution in [2.45, 2.75) is 32.2 Å². The largest absolute Gasteiger partial charge is 0.338 e. The summed E-state index contributed by atoms with van der Waals surface area (Å²) < 4.78 is 22.2. The second kappa shape index (κ2) is 5.34. The molecule has 0 saturated carbocycles. The first-order chi connectivity index (χ1) is 7.03. The summed E-state index contributed by atoms with van der Waals surface area (Å²) in [6.45, 7) is 2.69. The number of amides is 2. The molecule has 2 amide bonds. The van der Waals surface area contributed by atoms with E-state index in [-0.39, 0.29) is 23.6 Å². The molecule has 0 aromatic heterocycles. The van der Waals surface area contributed by atoms with Crippen LogP contribution in [0.2, 0.25) is 0 Å². The van der Waals surface area contributed by atoms with Gasteiger partial charge in [0.05, 0.1) is 11.5 Å². The molecule has 0 radical (unpaired) electrons. The summed E-state index contributed by atoms with van der Waals surface area (Å²) in [7, 11) is -2.91. The molecule has 0 aromatic carbocycles. The lowest BCUT2D eigenvalue weighted by atomic mass is 10.3. The molecule has 0 aromatic rings. The fourth-order valence-electron chi connectivity index (χ4n) is 1.52. The second-order valence-corrected chi connectivity index (χ2v) is 6.08. The Morgan fingerprint density at radius 3 is 2.73 bits per heavy atom. The summed E-state index contributed by atoms with van der Waals surface area (Å²) in [5.74, 6) is 0.265. The molecule has 1 fully saturated rings. The van der Waals surface area contributed by atoms with E-state index >= 15 is 0 Å². The smallest absolute Gasteiger partial charge is 0.315 e. The van der Waals surface area contributed by atoms with E-state index in [0.29, 0.717) is 13.0 Å². The molecule has 88 valence electrons. The molecular weight excluding hydrogens is 216 g/mol. The van der Waals surface area contributed by atoms with Crippen molar-refractivity contribution in [2.75, 3.05) is 18.1 Å². The summed E-state index contributed by atoms with van der Waals surface area (Å²) in [5.41, 5.74) is 0. The highest BCUT2D eigenvalue weighted by atomic mass is 32.2. The van der Waals surface area contributed by atoms with E-state index in [0.717, 1.165) is 12.8 Å². The molecule has 6 heteroatoms. The number of sulfone groups is 1. The predicted octanol–water partition coefficient (Wildman–Crippen LogP) is 0.273. The third kappa shape index (κ3) is 4.51. The van der Waals surface area contributed by atoms with Crippen LogP contribution in [0.1, 0.15) is 26.2 Å². The topological polar surface area (TPSA) is 75.3 Å². The summed E-state index contributed by atoms with van der Waals surface area (Å²) in [6, 6.07) is -0.470. The molecule has 0 bridgehead atoms. The van der Waals surface area contributed by atoms with Crippen molar-refractivity contribution in [3.8, 4) is 0 Å². The highest BCUT2D eigenvalue weighted by Crippen LogP contribution is 2.10. The molecular formula is C9H18N2O3S. The van der Waals surface area contributed by atoms with Crippen molar-refractivity contribution >= 4 is 15.9 Å². The van der Waals surface area contributed by atoms with Crippen LogP contribution in [-0.2, 0) is 9.84 Å². The van der Waals surface area contributed by atoms with Crippen LogP contribution >= 0.6 is 0 Å². The number of hydrogen-bond acceptors (Lipinski definition) is 3. The normalized spacial score (nSPS) is 23.7.